The second-order valence-corrected chi connectivity index (χ2v) is 14.3. The topological polar surface area (TPSA) is 25.8 Å². The number of unbranched alkanes of at least 4 members (excludes halogenated alkanes) is 2. The Hall–Kier alpha value is -2.04. The predicted molar refractivity (Wildman–Crippen MR) is 172 cm³/mol. The van der Waals surface area contributed by atoms with Gasteiger partial charge in [0.1, 0.15) is 0 Å². The molecule has 1 aliphatic rings. The molecule has 1 aromatic carbocycles. The van der Waals surface area contributed by atoms with E-state index in [4.69, 9.17) is 9.97 Å². The van der Waals surface area contributed by atoms with Crippen LogP contribution in [0.5, 0.6) is 0 Å². The van der Waals surface area contributed by atoms with Gasteiger partial charge in [-0.25, -0.2) is 0 Å². The minimum Gasteiger partial charge on any atom is -0.253 e. The predicted octanol–water partition coefficient (Wildman–Crippen LogP) is 11.5. The summed E-state index contributed by atoms with van der Waals surface area (Å²) in [6, 6.07) is 9.65. The number of benzene rings is 1. The molecule has 0 amide bonds. The standard InChI is InChI=1S/C35H46N2S2/c1-7-11-13-25(9-3)21-35(22-26(10-4)14-12-8-2)28-19-24(6)38-33(28)34-29(35)20-30(39-34)27-16-15-23(5)31-32(27)37-18-17-36-31/h15-20,25-26H,7-14,21-22H2,1-6H3. The first-order valence-electron chi connectivity index (χ1n) is 15.4. The number of nitrogens with zero attached hydrogens (tertiary/aromatic N) is 2. The van der Waals surface area contributed by atoms with E-state index in [2.05, 4.69) is 65.8 Å². The van der Waals surface area contributed by atoms with Crippen LogP contribution in [0.3, 0.4) is 0 Å². The molecule has 5 rings (SSSR count). The molecule has 2 atom stereocenters. The smallest absolute Gasteiger partial charge is 0.0975 e. The van der Waals surface area contributed by atoms with Crippen LogP contribution in [0.4, 0.5) is 0 Å². The van der Waals surface area contributed by atoms with E-state index in [0.717, 1.165) is 22.9 Å². The maximum absolute atomic E-state index is 4.82. The Labute approximate surface area is 244 Å². The number of hydrogen-bond donors (Lipinski definition) is 0. The minimum atomic E-state index is 0.124. The Morgan fingerprint density at radius 1 is 0.744 bits per heavy atom. The van der Waals surface area contributed by atoms with Crippen molar-refractivity contribution in [3.8, 4) is 20.2 Å². The molecule has 4 heteroatoms. The summed E-state index contributed by atoms with van der Waals surface area (Å²) in [6.07, 6.45) is 16.7. The molecule has 2 unspecified atom stereocenters. The Morgan fingerprint density at radius 2 is 1.33 bits per heavy atom. The van der Waals surface area contributed by atoms with Crippen molar-refractivity contribution >= 4 is 33.7 Å². The van der Waals surface area contributed by atoms with Crippen LogP contribution >= 0.6 is 22.7 Å². The molecule has 0 saturated heterocycles. The van der Waals surface area contributed by atoms with Crippen LogP contribution in [0.25, 0.3) is 31.2 Å². The van der Waals surface area contributed by atoms with Crippen LogP contribution in [-0.2, 0) is 5.41 Å². The maximum atomic E-state index is 4.82. The van der Waals surface area contributed by atoms with Gasteiger partial charge >= 0.3 is 0 Å². The molecular formula is C35H46N2S2. The SMILES string of the molecule is CCCCC(CC)CC1(CC(CC)CCCC)c2cc(C)sc2-c2sc(-c3ccc(C)c4nccnc34)cc21. The molecule has 0 aliphatic heterocycles. The lowest BCUT2D eigenvalue weighted by Crippen LogP contribution is -2.31. The van der Waals surface area contributed by atoms with Gasteiger partial charge in [0.15, 0.2) is 0 Å². The molecule has 1 aliphatic carbocycles. The molecular weight excluding hydrogens is 513 g/mol. The van der Waals surface area contributed by atoms with E-state index in [1.165, 1.54) is 90.0 Å². The highest BCUT2D eigenvalue weighted by Gasteiger charge is 2.47. The van der Waals surface area contributed by atoms with E-state index in [-0.39, 0.29) is 5.41 Å². The minimum absolute atomic E-state index is 0.124. The zero-order chi connectivity index (χ0) is 27.6. The van der Waals surface area contributed by atoms with Gasteiger partial charge in [-0.15, -0.1) is 22.7 Å². The molecule has 39 heavy (non-hydrogen) atoms. The van der Waals surface area contributed by atoms with Crippen molar-refractivity contribution in [3.05, 3.63) is 58.2 Å². The van der Waals surface area contributed by atoms with E-state index in [1.54, 1.807) is 16.0 Å². The highest BCUT2D eigenvalue weighted by atomic mass is 32.1. The summed E-state index contributed by atoms with van der Waals surface area (Å²) in [5, 5.41) is 0. The second kappa shape index (κ2) is 12.2. The third-order valence-corrected chi connectivity index (χ3v) is 11.7. The first-order chi connectivity index (χ1) is 18.9. The fourth-order valence-corrected chi connectivity index (χ4v) is 9.57. The van der Waals surface area contributed by atoms with Gasteiger partial charge in [-0.2, -0.15) is 0 Å². The third-order valence-electron chi connectivity index (χ3n) is 9.28. The summed E-state index contributed by atoms with van der Waals surface area (Å²) < 4.78 is 0. The quantitative estimate of drug-likeness (QED) is 0.163. The summed E-state index contributed by atoms with van der Waals surface area (Å²) in [6.45, 7) is 14.0. The normalized spacial score (nSPS) is 17.9. The van der Waals surface area contributed by atoms with E-state index in [0.29, 0.717) is 0 Å². The number of thiophene rings is 2. The molecule has 0 bridgehead atoms. The van der Waals surface area contributed by atoms with Gasteiger partial charge in [0.25, 0.3) is 0 Å². The fraction of sp³-hybridized carbons (Fsp3) is 0.543. The van der Waals surface area contributed by atoms with E-state index in [9.17, 15) is 0 Å². The lowest BCUT2D eigenvalue weighted by molar-refractivity contribution is 0.266. The van der Waals surface area contributed by atoms with Crippen molar-refractivity contribution in [2.24, 2.45) is 11.8 Å². The number of aromatic nitrogens is 2. The van der Waals surface area contributed by atoms with Gasteiger partial charge in [0.05, 0.1) is 11.0 Å². The van der Waals surface area contributed by atoms with Crippen molar-refractivity contribution in [1.82, 2.24) is 9.97 Å². The highest BCUT2D eigenvalue weighted by molar-refractivity contribution is 7.24. The summed E-state index contributed by atoms with van der Waals surface area (Å²) in [7, 11) is 0. The van der Waals surface area contributed by atoms with Gasteiger partial charge < -0.3 is 0 Å². The first kappa shape index (κ1) is 28.5. The van der Waals surface area contributed by atoms with E-state index in [1.807, 2.05) is 35.1 Å². The Bertz CT molecular complexity index is 1390. The van der Waals surface area contributed by atoms with Gasteiger partial charge in [-0.3, -0.25) is 9.97 Å². The molecule has 3 heterocycles. The number of fused-ring (bicyclic) bond motifs is 4. The number of rotatable bonds is 13. The molecule has 0 N–H and O–H groups in total. The molecule has 0 spiro atoms. The lowest BCUT2D eigenvalue weighted by Gasteiger charge is -2.37. The number of aryl methyl sites for hydroxylation is 2. The lowest BCUT2D eigenvalue weighted by atomic mass is 9.65. The van der Waals surface area contributed by atoms with Gasteiger partial charge in [0.2, 0.25) is 0 Å². The fourth-order valence-electron chi connectivity index (χ4n) is 7.02. The molecule has 208 valence electrons. The van der Waals surface area contributed by atoms with Crippen molar-refractivity contribution < 1.29 is 0 Å². The van der Waals surface area contributed by atoms with Gasteiger partial charge in [0, 0.05) is 42.9 Å². The van der Waals surface area contributed by atoms with Crippen LogP contribution in [0.15, 0.2) is 36.7 Å². The molecule has 2 nitrogen and oxygen atoms in total. The third kappa shape index (κ3) is 5.36. The average molecular weight is 559 g/mol. The summed E-state index contributed by atoms with van der Waals surface area (Å²) in [4.78, 5) is 15.4. The van der Waals surface area contributed by atoms with Gasteiger partial charge in [-0.1, -0.05) is 91.2 Å². The van der Waals surface area contributed by atoms with Crippen LogP contribution in [0.1, 0.15) is 113 Å². The van der Waals surface area contributed by atoms with Crippen LogP contribution in [0.2, 0.25) is 0 Å². The summed E-state index contributed by atoms with van der Waals surface area (Å²) in [5.41, 5.74) is 7.89. The average Bonchev–Trinajstić information content (AvgIpc) is 3.61. The van der Waals surface area contributed by atoms with Crippen LogP contribution in [-0.4, -0.2) is 9.97 Å². The van der Waals surface area contributed by atoms with Gasteiger partial charge in [-0.05, 0) is 67.3 Å². The summed E-state index contributed by atoms with van der Waals surface area (Å²) >= 11 is 4.03. The zero-order valence-electron chi connectivity index (χ0n) is 24.9. The molecule has 4 aromatic rings. The maximum Gasteiger partial charge on any atom is 0.0975 e. The second-order valence-electron chi connectivity index (χ2n) is 12.0. The van der Waals surface area contributed by atoms with Crippen molar-refractivity contribution in [2.45, 2.75) is 111 Å². The first-order valence-corrected chi connectivity index (χ1v) is 17.0. The zero-order valence-corrected chi connectivity index (χ0v) is 26.5. The molecule has 3 aromatic heterocycles. The van der Waals surface area contributed by atoms with E-state index >= 15 is 0 Å². The monoisotopic (exact) mass is 558 g/mol. The number of hydrogen-bond acceptors (Lipinski definition) is 4. The molecule has 0 fully saturated rings. The van der Waals surface area contributed by atoms with Crippen molar-refractivity contribution in [2.75, 3.05) is 0 Å². The highest BCUT2D eigenvalue weighted by Crippen LogP contribution is 2.62. The largest absolute Gasteiger partial charge is 0.253 e. The van der Waals surface area contributed by atoms with Crippen LogP contribution in [0, 0.1) is 25.7 Å². The molecule has 0 saturated carbocycles. The molecule has 0 radical (unpaired) electrons. The summed E-state index contributed by atoms with van der Waals surface area (Å²) in [5.74, 6) is 1.53. The van der Waals surface area contributed by atoms with E-state index < -0.39 is 0 Å². The van der Waals surface area contributed by atoms with Crippen molar-refractivity contribution in [3.63, 3.8) is 0 Å². The Balaban J connectivity index is 1.68. The Morgan fingerprint density at radius 3 is 1.95 bits per heavy atom. The Kier molecular flexibility index (Phi) is 8.93. The van der Waals surface area contributed by atoms with Crippen LogP contribution < -0.4 is 0 Å². The van der Waals surface area contributed by atoms with Crippen molar-refractivity contribution in [1.29, 1.82) is 0 Å².